The standard InChI is InChI=1S/C17H17NO3S/c19-15(11-21-16(20)14-7-4-10-22-14)18-12-17(8-9-17)13-5-2-1-3-6-13/h1-7,10H,8-9,11-12H2,(H,18,19). The lowest BCUT2D eigenvalue weighted by atomic mass is 9.96. The molecule has 4 nitrogen and oxygen atoms in total. The van der Waals surface area contributed by atoms with Crippen LogP contribution in [-0.2, 0) is 14.9 Å². The number of nitrogens with one attached hydrogen (secondary N) is 1. The molecular formula is C17H17NO3S. The first-order valence-electron chi connectivity index (χ1n) is 7.22. The Morgan fingerprint density at radius 1 is 1.14 bits per heavy atom. The molecule has 1 heterocycles. The van der Waals surface area contributed by atoms with E-state index in [4.69, 9.17) is 4.74 Å². The van der Waals surface area contributed by atoms with E-state index in [1.807, 2.05) is 18.2 Å². The predicted octanol–water partition coefficient (Wildman–Crippen LogP) is 2.75. The molecule has 22 heavy (non-hydrogen) atoms. The van der Waals surface area contributed by atoms with Gasteiger partial charge < -0.3 is 10.1 Å². The first-order valence-corrected chi connectivity index (χ1v) is 8.10. The molecule has 114 valence electrons. The molecular weight excluding hydrogens is 298 g/mol. The number of thiophene rings is 1. The van der Waals surface area contributed by atoms with E-state index in [1.165, 1.54) is 16.9 Å². The van der Waals surface area contributed by atoms with E-state index < -0.39 is 5.97 Å². The van der Waals surface area contributed by atoms with Crippen molar-refractivity contribution < 1.29 is 14.3 Å². The van der Waals surface area contributed by atoms with E-state index >= 15 is 0 Å². The number of benzene rings is 1. The van der Waals surface area contributed by atoms with Crippen molar-refractivity contribution >= 4 is 23.2 Å². The largest absolute Gasteiger partial charge is 0.451 e. The maximum absolute atomic E-state index is 11.8. The molecule has 1 saturated carbocycles. The van der Waals surface area contributed by atoms with Crippen LogP contribution in [0, 0.1) is 0 Å². The molecule has 0 radical (unpaired) electrons. The summed E-state index contributed by atoms with van der Waals surface area (Å²) in [4.78, 5) is 24.0. The van der Waals surface area contributed by atoms with Crippen molar-refractivity contribution in [3.05, 3.63) is 58.3 Å². The summed E-state index contributed by atoms with van der Waals surface area (Å²) in [6.45, 7) is 0.355. The number of hydrogen-bond acceptors (Lipinski definition) is 4. The maximum atomic E-state index is 11.8. The molecule has 1 aliphatic carbocycles. The van der Waals surface area contributed by atoms with Gasteiger partial charge in [0.15, 0.2) is 6.61 Å². The van der Waals surface area contributed by atoms with E-state index in [0.717, 1.165) is 12.8 Å². The van der Waals surface area contributed by atoms with Crippen LogP contribution in [0.1, 0.15) is 28.1 Å². The molecule has 1 aliphatic rings. The molecule has 2 aromatic rings. The fraction of sp³-hybridized carbons (Fsp3) is 0.294. The molecule has 5 heteroatoms. The summed E-state index contributed by atoms with van der Waals surface area (Å²) in [6, 6.07) is 13.7. The molecule has 1 fully saturated rings. The zero-order chi connectivity index (χ0) is 15.4. The summed E-state index contributed by atoms with van der Waals surface area (Å²) in [7, 11) is 0. The van der Waals surface area contributed by atoms with E-state index in [9.17, 15) is 9.59 Å². The Kier molecular flexibility index (Phi) is 4.24. The highest BCUT2D eigenvalue weighted by Crippen LogP contribution is 2.47. The zero-order valence-corrected chi connectivity index (χ0v) is 12.9. The number of esters is 1. The van der Waals surface area contributed by atoms with Gasteiger partial charge in [0.05, 0.1) is 0 Å². The number of rotatable bonds is 6. The van der Waals surface area contributed by atoms with Crippen LogP contribution in [0.5, 0.6) is 0 Å². The van der Waals surface area contributed by atoms with Crippen molar-refractivity contribution in [2.75, 3.05) is 13.2 Å². The quantitative estimate of drug-likeness (QED) is 0.834. The number of amides is 1. The average molecular weight is 315 g/mol. The van der Waals surface area contributed by atoms with Gasteiger partial charge in [-0.3, -0.25) is 4.79 Å². The molecule has 3 rings (SSSR count). The van der Waals surface area contributed by atoms with Crippen molar-refractivity contribution in [1.29, 1.82) is 0 Å². The topological polar surface area (TPSA) is 55.4 Å². The summed E-state index contributed by atoms with van der Waals surface area (Å²) in [5, 5.41) is 4.67. The van der Waals surface area contributed by atoms with Crippen molar-refractivity contribution in [3.8, 4) is 0 Å². The Morgan fingerprint density at radius 2 is 1.91 bits per heavy atom. The smallest absolute Gasteiger partial charge is 0.348 e. The minimum atomic E-state index is -0.450. The second-order valence-corrected chi connectivity index (χ2v) is 6.42. The van der Waals surface area contributed by atoms with Gasteiger partial charge in [0, 0.05) is 12.0 Å². The molecule has 0 atom stereocenters. The Bertz CT molecular complexity index is 648. The summed E-state index contributed by atoms with van der Waals surface area (Å²) in [5.41, 5.74) is 1.32. The Hall–Kier alpha value is -2.14. The predicted molar refractivity (Wildman–Crippen MR) is 85.0 cm³/mol. The van der Waals surface area contributed by atoms with Gasteiger partial charge in [-0.1, -0.05) is 36.4 Å². The maximum Gasteiger partial charge on any atom is 0.348 e. The molecule has 1 aromatic heterocycles. The molecule has 0 spiro atoms. The number of hydrogen-bond donors (Lipinski definition) is 1. The molecule has 0 saturated heterocycles. The number of ether oxygens (including phenoxy) is 1. The zero-order valence-electron chi connectivity index (χ0n) is 12.1. The summed E-state index contributed by atoms with van der Waals surface area (Å²) in [6.07, 6.45) is 2.15. The van der Waals surface area contributed by atoms with Crippen molar-refractivity contribution in [2.45, 2.75) is 18.3 Å². The SMILES string of the molecule is O=C(COC(=O)c1cccs1)NCC1(c2ccccc2)CC1. The number of carbonyl (C=O) groups is 2. The molecule has 0 unspecified atom stereocenters. The van der Waals surface area contributed by atoms with Crippen LogP contribution in [0.25, 0.3) is 0 Å². The van der Waals surface area contributed by atoms with Crippen LogP contribution in [-0.4, -0.2) is 25.0 Å². The highest BCUT2D eigenvalue weighted by atomic mass is 32.1. The van der Waals surface area contributed by atoms with Crippen LogP contribution < -0.4 is 5.32 Å². The first-order chi connectivity index (χ1) is 10.7. The normalized spacial score (nSPS) is 15.1. The Morgan fingerprint density at radius 3 is 2.55 bits per heavy atom. The van der Waals surface area contributed by atoms with Gasteiger partial charge in [-0.05, 0) is 29.9 Å². The first kappa shape index (κ1) is 14.8. The third kappa shape index (κ3) is 3.36. The highest BCUT2D eigenvalue weighted by Gasteiger charge is 2.44. The molecule has 1 N–H and O–H groups in total. The van der Waals surface area contributed by atoms with Gasteiger partial charge in [0.2, 0.25) is 0 Å². The van der Waals surface area contributed by atoms with Crippen LogP contribution in [0.4, 0.5) is 0 Å². The van der Waals surface area contributed by atoms with Crippen molar-refractivity contribution in [1.82, 2.24) is 5.32 Å². The van der Waals surface area contributed by atoms with Gasteiger partial charge in [-0.15, -0.1) is 11.3 Å². The molecule has 1 aromatic carbocycles. The number of carbonyl (C=O) groups excluding carboxylic acids is 2. The third-order valence-electron chi connectivity index (χ3n) is 3.92. The van der Waals surface area contributed by atoms with Gasteiger partial charge in [-0.2, -0.15) is 0 Å². The van der Waals surface area contributed by atoms with Gasteiger partial charge in [-0.25, -0.2) is 4.79 Å². The lowest BCUT2D eigenvalue weighted by Crippen LogP contribution is -2.35. The summed E-state index contributed by atoms with van der Waals surface area (Å²) in [5.74, 6) is -0.707. The third-order valence-corrected chi connectivity index (χ3v) is 4.77. The fourth-order valence-corrected chi connectivity index (χ4v) is 3.04. The van der Waals surface area contributed by atoms with Gasteiger partial charge >= 0.3 is 5.97 Å². The van der Waals surface area contributed by atoms with E-state index in [0.29, 0.717) is 11.4 Å². The lowest BCUT2D eigenvalue weighted by molar-refractivity contribution is -0.124. The Balaban J connectivity index is 1.46. The second kappa shape index (κ2) is 6.32. The summed E-state index contributed by atoms with van der Waals surface area (Å²) >= 11 is 1.30. The molecule has 0 aliphatic heterocycles. The van der Waals surface area contributed by atoms with Gasteiger partial charge in [0.25, 0.3) is 5.91 Å². The van der Waals surface area contributed by atoms with E-state index in [-0.39, 0.29) is 17.9 Å². The molecule has 0 bridgehead atoms. The average Bonchev–Trinajstić information content (AvgIpc) is 3.15. The minimum Gasteiger partial charge on any atom is -0.451 e. The van der Waals surface area contributed by atoms with Crippen molar-refractivity contribution in [3.63, 3.8) is 0 Å². The lowest BCUT2D eigenvalue weighted by Gasteiger charge is -2.16. The van der Waals surface area contributed by atoms with Crippen LogP contribution >= 0.6 is 11.3 Å². The second-order valence-electron chi connectivity index (χ2n) is 5.48. The Labute approximate surface area is 133 Å². The molecule has 1 amide bonds. The highest BCUT2D eigenvalue weighted by molar-refractivity contribution is 7.11. The minimum absolute atomic E-state index is 0.0642. The van der Waals surface area contributed by atoms with Gasteiger partial charge in [0.1, 0.15) is 4.88 Å². The summed E-state index contributed by atoms with van der Waals surface area (Å²) < 4.78 is 5.00. The van der Waals surface area contributed by atoms with E-state index in [2.05, 4.69) is 17.4 Å². The van der Waals surface area contributed by atoms with Crippen LogP contribution in [0.2, 0.25) is 0 Å². The monoisotopic (exact) mass is 315 g/mol. The van der Waals surface area contributed by atoms with E-state index in [1.54, 1.807) is 17.5 Å². The van der Waals surface area contributed by atoms with Crippen molar-refractivity contribution in [2.24, 2.45) is 0 Å². The van der Waals surface area contributed by atoms with Crippen LogP contribution in [0.3, 0.4) is 0 Å². The van der Waals surface area contributed by atoms with Crippen LogP contribution in [0.15, 0.2) is 47.8 Å². The fourth-order valence-electron chi connectivity index (χ4n) is 2.43.